The summed E-state index contributed by atoms with van der Waals surface area (Å²) in [5.41, 5.74) is -1.22. The predicted molar refractivity (Wildman–Crippen MR) is 43.4 cm³/mol. The first kappa shape index (κ1) is 10.4. The Morgan fingerprint density at radius 1 is 1.50 bits per heavy atom. The molecule has 0 aromatic carbocycles. The van der Waals surface area contributed by atoms with Gasteiger partial charge in [-0.1, -0.05) is 0 Å². The maximum Gasteiger partial charge on any atom is 0.309 e. The van der Waals surface area contributed by atoms with Crippen LogP contribution in [0.1, 0.15) is 17.8 Å². The lowest BCUT2D eigenvalue weighted by molar-refractivity contribution is -0.136. The molecule has 0 amide bonds. The zero-order valence-corrected chi connectivity index (χ0v) is 6.96. The zero-order valence-electron chi connectivity index (χ0n) is 6.96. The summed E-state index contributed by atoms with van der Waals surface area (Å²) in [6.07, 6.45) is -3.29. The van der Waals surface area contributed by atoms with Gasteiger partial charge in [0, 0.05) is 17.8 Å². The molecule has 0 aliphatic rings. The van der Waals surface area contributed by atoms with Crippen LogP contribution in [0.4, 0.5) is 8.78 Å². The summed E-state index contributed by atoms with van der Waals surface area (Å²) >= 11 is 0. The Hall–Kier alpha value is -1.72. The lowest BCUT2D eigenvalue weighted by Gasteiger charge is -2.02. The van der Waals surface area contributed by atoms with Gasteiger partial charge < -0.3 is 10.1 Å². The van der Waals surface area contributed by atoms with Crippen LogP contribution in [0, 0.1) is 0 Å². The Balaban J connectivity index is 3.07. The number of aliphatic carboxylic acids is 1. The molecule has 1 aromatic heterocycles. The number of carboxylic acids is 1. The van der Waals surface area contributed by atoms with Crippen molar-refractivity contribution in [1.82, 2.24) is 4.98 Å². The van der Waals surface area contributed by atoms with Crippen LogP contribution in [0.15, 0.2) is 16.9 Å². The lowest BCUT2D eigenvalue weighted by Crippen LogP contribution is -2.10. The molecule has 0 aliphatic carbocycles. The maximum absolute atomic E-state index is 12.1. The maximum atomic E-state index is 12.1. The number of nitrogens with one attached hydrogen (secondary N) is 1. The minimum atomic E-state index is -2.81. The quantitative estimate of drug-likeness (QED) is 0.767. The summed E-state index contributed by atoms with van der Waals surface area (Å²) in [5, 5.41) is 8.38. The molecule has 0 saturated heterocycles. The highest BCUT2D eigenvalue weighted by Gasteiger charge is 2.10. The van der Waals surface area contributed by atoms with Crippen molar-refractivity contribution in [2.24, 2.45) is 0 Å². The molecule has 0 saturated carbocycles. The highest BCUT2D eigenvalue weighted by atomic mass is 19.3. The summed E-state index contributed by atoms with van der Waals surface area (Å²) in [5.74, 6) is -1.19. The van der Waals surface area contributed by atoms with Gasteiger partial charge in [0.1, 0.15) is 0 Å². The van der Waals surface area contributed by atoms with Gasteiger partial charge >= 0.3 is 5.97 Å². The van der Waals surface area contributed by atoms with E-state index < -0.39 is 29.9 Å². The number of aromatic amines is 1. The van der Waals surface area contributed by atoms with Gasteiger partial charge in [0.05, 0.1) is 12.1 Å². The highest BCUT2D eigenvalue weighted by Crippen LogP contribution is 2.14. The third-order valence-electron chi connectivity index (χ3n) is 1.50. The van der Waals surface area contributed by atoms with Gasteiger partial charge in [-0.25, -0.2) is 8.78 Å². The molecule has 0 unspecified atom stereocenters. The number of H-pyrrole nitrogens is 1. The van der Waals surface area contributed by atoms with Crippen LogP contribution >= 0.6 is 0 Å². The average molecular weight is 203 g/mol. The van der Waals surface area contributed by atoms with E-state index in [-0.39, 0.29) is 5.69 Å². The van der Waals surface area contributed by atoms with Crippen molar-refractivity contribution < 1.29 is 18.7 Å². The largest absolute Gasteiger partial charge is 0.481 e. The summed E-state index contributed by atoms with van der Waals surface area (Å²) < 4.78 is 24.3. The lowest BCUT2D eigenvalue weighted by atomic mass is 10.2. The first-order valence-electron chi connectivity index (χ1n) is 3.72. The molecule has 1 rings (SSSR count). The van der Waals surface area contributed by atoms with Crippen molar-refractivity contribution in [2.45, 2.75) is 12.8 Å². The molecule has 76 valence electrons. The molecule has 2 N–H and O–H groups in total. The first-order valence-corrected chi connectivity index (χ1v) is 3.72. The van der Waals surface area contributed by atoms with Crippen LogP contribution in [0.3, 0.4) is 0 Å². The number of pyridine rings is 1. The Labute approximate surface area is 77.2 Å². The second-order valence-corrected chi connectivity index (χ2v) is 2.67. The second-order valence-electron chi connectivity index (χ2n) is 2.67. The number of carboxylic acid groups (broad SMARTS) is 1. The third kappa shape index (κ3) is 2.65. The van der Waals surface area contributed by atoms with Gasteiger partial charge in [0.2, 0.25) is 0 Å². The SMILES string of the molecule is O=C(O)Cc1cc(=O)cc(C(F)F)[nH]1. The fourth-order valence-electron chi connectivity index (χ4n) is 1.000. The standard InChI is InChI=1S/C8H7F2NO3/c9-8(10)6-3-5(12)1-4(11-6)2-7(13)14/h1,3,8H,2H2,(H,11,12)(H,13,14). The second kappa shape index (κ2) is 3.99. The molecule has 4 nitrogen and oxygen atoms in total. The van der Waals surface area contributed by atoms with E-state index in [4.69, 9.17) is 5.11 Å². The van der Waals surface area contributed by atoms with Crippen LogP contribution in [0.25, 0.3) is 0 Å². The van der Waals surface area contributed by atoms with Crippen LogP contribution in [-0.4, -0.2) is 16.1 Å². The fraction of sp³-hybridized carbons (Fsp3) is 0.250. The van der Waals surface area contributed by atoms with Gasteiger partial charge in [0.15, 0.2) is 5.43 Å². The molecule has 0 radical (unpaired) electrons. The van der Waals surface area contributed by atoms with Gasteiger partial charge in [0.25, 0.3) is 6.43 Å². The fourth-order valence-corrected chi connectivity index (χ4v) is 1.000. The van der Waals surface area contributed by atoms with Crippen molar-refractivity contribution in [3.8, 4) is 0 Å². The Morgan fingerprint density at radius 2 is 2.14 bits per heavy atom. The van der Waals surface area contributed by atoms with Crippen LogP contribution in [-0.2, 0) is 11.2 Å². The van der Waals surface area contributed by atoms with E-state index in [1.807, 2.05) is 0 Å². The van der Waals surface area contributed by atoms with E-state index in [9.17, 15) is 18.4 Å². The van der Waals surface area contributed by atoms with E-state index in [0.717, 1.165) is 12.1 Å². The molecular formula is C8H7F2NO3. The number of halogens is 2. The summed E-state index contributed by atoms with van der Waals surface area (Å²) in [6.45, 7) is 0. The van der Waals surface area contributed by atoms with Crippen molar-refractivity contribution in [1.29, 1.82) is 0 Å². The van der Waals surface area contributed by atoms with Crippen molar-refractivity contribution in [2.75, 3.05) is 0 Å². The molecule has 0 atom stereocenters. The Morgan fingerprint density at radius 3 is 2.64 bits per heavy atom. The third-order valence-corrected chi connectivity index (χ3v) is 1.50. The summed E-state index contributed by atoms with van der Waals surface area (Å²) in [4.78, 5) is 23.3. The first-order chi connectivity index (χ1) is 6.49. The van der Waals surface area contributed by atoms with Gasteiger partial charge in [-0.3, -0.25) is 9.59 Å². The van der Waals surface area contributed by atoms with Crippen LogP contribution in [0.2, 0.25) is 0 Å². The van der Waals surface area contributed by atoms with Crippen LogP contribution < -0.4 is 5.43 Å². The Bertz CT molecular complexity index is 400. The van der Waals surface area contributed by atoms with E-state index in [2.05, 4.69) is 4.98 Å². The van der Waals surface area contributed by atoms with Crippen LogP contribution in [0.5, 0.6) is 0 Å². The number of aromatic nitrogens is 1. The summed E-state index contributed by atoms with van der Waals surface area (Å²) in [7, 11) is 0. The Kier molecular flexibility index (Phi) is 2.95. The normalized spacial score (nSPS) is 10.5. The molecule has 14 heavy (non-hydrogen) atoms. The topological polar surface area (TPSA) is 70.2 Å². The van der Waals surface area contributed by atoms with Crippen molar-refractivity contribution in [3.63, 3.8) is 0 Å². The number of hydrogen-bond acceptors (Lipinski definition) is 2. The predicted octanol–water partition coefficient (Wildman–Crippen LogP) is 0.940. The van der Waals surface area contributed by atoms with E-state index in [1.165, 1.54) is 0 Å². The van der Waals surface area contributed by atoms with E-state index in [1.54, 1.807) is 0 Å². The molecule has 6 heteroatoms. The number of hydrogen-bond donors (Lipinski definition) is 2. The zero-order chi connectivity index (χ0) is 10.7. The smallest absolute Gasteiger partial charge is 0.309 e. The molecule has 0 bridgehead atoms. The monoisotopic (exact) mass is 203 g/mol. The number of carbonyl (C=O) groups is 1. The number of rotatable bonds is 3. The van der Waals surface area contributed by atoms with E-state index >= 15 is 0 Å². The average Bonchev–Trinajstić information content (AvgIpc) is 2.01. The van der Waals surface area contributed by atoms with Crippen molar-refractivity contribution >= 4 is 5.97 Å². The number of alkyl halides is 2. The minimum Gasteiger partial charge on any atom is -0.481 e. The van der Waals surface area contributed by atoms with Gasteiger partial charge in [-0.2, -0.15) is 0 Å². The molecule has 1 aromatic rings. The highest BCUT2D eigenvalue weighted by molar-refractivity contribution is 5.69. The van der Waals surface area contributed by atoms with Gasteiger partial charge in [-0.15, -0.1) is 0 Å². The molecular weight excluding hydrogens is 196 g/mol. The van der Waals surface area contributed by atoms with Gasteiger partial charge in [-0.05, 0) is 0 Å². The van der Waals surface area contributed by atoms with Crippen molar-refractivity contribution in [3.05, 3.63) is 33.7 Å². The molecule has 0 spiro atoms. The molecule has 1 heterocycles. The molecule has 0 aliphatic heterocycles. The summed E-state index contributed by atoms with van der Waals surface area (Å²) in [6, 6.07) is 1.73. The minimum absolute atomic E-state index is 0.0275. The van der Waals surface area contributed by atoms with E-state index in [0.29, 0.717) is 0 Å². The molecule has 0 fully saturated rings.